The van der Waals surface area contributed by atoms with Crippen molar-refractivity contribution in [2.75, 3.05) is 13.1 Å². The van der Waals surface area contributed by atoms with Crippen molar-refractivity contribution in [1.29, 1.82) is 0 Å². The fourth-order valence-corrected chi connectivity index (χ4v) is 0.939. The summed E-state index contributed by atoms with van der Waals surface area (Å²) < 4.78 is 0. The molecule has 0 radical (unpaired) electrons. The molecule has 0 aromatic carbocycles. The average molecular weight is 347 g/mol. The Bertz CT molecular complexity index is 172. The van der Waals surface area contributed by atoms with Crippen molar-refractivity contribution >= 4 is 30.4 Å². The van der Waals surface area contributed by atoms with Crippen molar-refractivity contribution in [3.8, 4) is 0 Å². The molecule has 0 N–H and O–H groups in total. The molecule has 7 heteroatoms. The van der Waals surface area contributed by atoms with E-state index in [0.717, 1.165) is 12.8 Å². The van der Waals surface area contributed by atoms with Crippen LogP contribution < -0.4 is 0 Å². The summed E-state index contributed by atoms with van der Waals surface area (Å²) in [5, 5.41) is 7.35. The van der Waals surface area contributed by atoms with E-state index >= 15 is 0 Å². The molecule has 0 fully saturated rings. The molecule has 0 heterocycles. The molecule has 0 aliphatic rings. The molecule has 0 aromatic heterocycles. The van der Waals surface area contributed by atoms with E-state index in [4.69, 9.17) is 18.6 Å². The summed E-state index contributed by atoms with van der Waals surface area (Å²) in [6, 6.07) is 0. The summed E-state index contributed by atoms with van der Waals surface area (Å²) in [4.78, 5) is 21.0. The van der Waals surface area contributed by atoms with E-state index in [1.807, 2.05) is 27.7 Å². The molecule has 0 saturated heterocycles. The molecule has 0 aromatic rings. The molecule has 4 nitrogen and oxygen atoms in total. The third-order valence-electron chi connectivity index (χ3n) is 1.60. The van der Waals surface area contributed by atoms with Crippen molar-refractivity contribution in [2.45, 2.75) is 53.4 Å². The Morgan fingerprint density at radius 2 is 1.11 bits per heavy atom. The Morgan fingerprint density at radius 3 is 1.26 bits per heavy atom. The van der Waals surface area contributed by atoms with Crippen LogP contribution in [-0.2, 0) is 26.6 Å². The second-order valence-corrected chi connectivity index (χ2v) is 5.89. The molecule has 0 unspecified atom stereocenters. The number of amides is 2. The van der Waals surface area contributed by atoms with E-state index in [2.05, 4.69) is 10.6 Å². The van der Waals surface area contributed by atoms with Crippen molar-refractivity contribution in [1.82, 2.24) is 0 Å². The van der Waals surface area contributed by atoms with Crippen molar-refractivity contribution in [3.63, 3.8) is 0 Å². The molecule has 0 atom stereocenters. The summed E-state index contributed by atoms with van der Waals surface area (Å²) in [6.07, 6.45) is 3.02. The number of carbonyl (C=O) groups is 2. The van der Waals surface area contributed by atoms with Gasteiger partial charge in [-0.1, -0.05) is 40.5 Å². The van der Waals surface area contributed by atoms with Crippen LogP contribution >= 0.6 is 18.6 Å². The Kier molecular flexibility index (Phi) is 29.8. The van der Waals surface area contributed by atoms with Crippen LogP contribution in [0.5, 0.6) is 0 Å². The van der Waals surface area contributed by atoms with Crippen molar-refractivity contribution in [2.24, 2.45) is 0 Å². The van der Waals surface area contributed by atoms with Gasteiger partial charge in [0, 0.05) is 0 Å². The Balaban J connectivity index is -0.000000224. The van der Waals surface area contributed by atoms with Gasteiger partial charge >= 0.3 is 35.6 Å². The van der Waals surface area contributed by atoms with Crippen LogP contribution in [0.4, 0.5) is 0 Å². The van der Waals surface area contributed by atoms with Crippen molar-refractivity contribution in [3.05, 3.63) is 10.6 Å². The van der Waals surface area contributed by atoms with E-state index in [1.54, 1.807) is 0 Å². The molecule has 19 heavy (non-hydrogen) atoms. The summed E-state index contributed by atoms with van der Waals surface area (Å²) in [6.45, 7) is 8.94. The maximum absolute atomic E-state index is 10.5. The Hall–Kier alpha value is 0.234. The quantitative estimate of drug-likeness (QED) is 0.649. The number of rotatable bonds is 6. The van der Waals surface area contributed by atoms with Gasteiger partial charge in [0.15, 0.2) is 0 Å². The molecule has 0 aliphatic carbocycles. The molecule has 0 aliphatic heterocycles. The molecule has 0 bridgehead atoms. The van der Waals surface area contributed by atoms with Crippen LogP contribution in [0.1, 0.15) is 53.4 Å². The van der Waals surface area contributed by atoms with Gasteiger partial charge in [-0.25, -0.2) is 0 Å². The van der Waals surface area contributed by atoms with Crippen LogP contribution in [0.15, 0.2) is 0 Å². The number of hydrogen-bond acceptors (Lipinski definition) is 2. The van der Waals surface area contributed by atoms with Gasteiger partial charge in [0.05, 0.1) is 11.8 Å². The summed E-state index contributed by atoms with van der Waals surface area (Å²) in [7, 11) is 9.78. The zero-order valence-electron chi connectivity index (χ0n) is 12.2. The third kappa shape index (κ3) is 32.1. The maximum atomic E-state index is 10.5. The summed E-state index contributed by atoms with van der Waals surface area (Å²) in [5.41, 5.74) is 0. The predicted octanol–water partition coefficient (Wildman–Crippen LogP) is 4.79. The molecular weight excluding hydrogens is 323 g/mol. The molecule has 0 saturated carbocycles. The van der Waals surface area contributed by atoms with E-state index in [-0.39, 0.29) is 11.8 Å². The standard InChI is InChI=1S/2C6H13NO.2ClH.Ti/c2*1-3-5-6(8)7-4-2;;;/h2*3-5H2,1-2H3,(H,7,8);2*1H;/q;;;;+2/p-4. The van der Waals surface area contributed by atoms with Crippen LogP contribution in [0.25, 0.3) is 10.6 Å². The van der Waals surface area contributed by atoms with Crippen LogP contribution in [0.3, 0.4) is 0 Å². The molecule has 2 amide bonds. The number of nitrogens with zero attached hydrogens (tertiary/aromatic N) is 2. The zero-order chi connectivity index (χ0) is 15.5. The Morgan fingerprint density at radius 1 is 0.842 bits per heavy atom. The second kappa shape index (κ2) is 23.3. The summed E-state index contributed by atoms with van der Waals surface area (Å²) in [5.74, 6) is 0.0741. The predicted molar refractivity (Wildman–Crippen MR) is 79.3 cm³/mol. The normalized spacial score (nSPS) is 8.11. The third-order valence-corrected chi connectivity index (χ3v) is 1.60. The first-order valence-corrected chi connectivity index (χ1v) is 10.7. The van der Waals surface area contributed by atoms with E-state index in [0.29, 0.717) is 25.9 Å². The minimum atomic E-state index is -0.556. The van der Waals surface area contributed by atoms with E-state index in [9.17, 15) is 9.59 Å². The first-order valence-electron chi connectivity index (χ1n) is 6.40. The van der Waals surface area contributed by atoms with E-state index < -0.39 is 17.0 Å². The van der Waals surface area contributed by atoms with Gasteiger partial charge in [0.25, 0.3) is 0 Å². The fourth-order valence-electron chi connectivity index (χ4n) is 0.939. The Labute approximate surface area is 134 Å². The second-order valence-electron chi connectivity index (χ2n) is 3.31. The molecular formula is C12H24Cl2N2O2Ti-2. The van der Waals surface area contributed by atoms with Crippen LogP contribution in [-0.4, -0.2) is 24.9 Å². The first-order chi connectivity index (χ1) is 9.03. The van der Waals surface area contributed by atoms with Gasteiger partial charge in [-0.05, 0) is 12.8 Å². The summed E-state index contributed by atoms with van der Waals surface area (Å²) >= 11 is -0.556. The van der Waals surface area contributed by atoms with Crippen molar-refractivity contribution < 1.29 is 26.6 Å². The van der Waals surface area contributed by atoms with Gasteiger partial charge in [0.2, 0.25) is 0 Å². The van der Waals surface area contributed by atoms with Gasteiger partial charge in [-0.3, -0.25) is 0 Å². The monoisotopic (exact) mass is 346 g/mol. The molecule has 0 rings (SSSR count). The van der Waals surface area contributed by atoms with Gasteiger partial charge < -0.3 is 20.2 Å². The topological polar surface area (TPSA) is 62.3 Å². The minimum absolute atomic E-state index is 0.0370. The van der Waals surface area contributed by atoms with Gasteiger partial charge in [0.1, 0.15) is 0 Å². The van der Waals surface area contributed by atoms with Crippen LogP contribution in [0.2, 0.25) is 0 Å². The van der Waals surface area contributed by atoms with Gasteiger partial charge in [-0.15, -0.1) is 13.1 Å². The van der Waals surface area contributed by atoms with Gasteiger partial charge in [-0.2, -0.15) is 0 Å². The molecule has 114 valence electrons. The fraction of sp³-hybridized carbons (Fsp3) is 0.833. The number of hydrogen-bond donors (Lipinski definition) is 0. The zero-order valence-corrected chi connectivity index (χ0v) is 15.3. The molecule has 0 spiro atoms. The first kappa shape index (κ1) is 24.3. The number of halogens is 2. The number of carbonyl (C=O) groups excluding carboxylic acids is 2. The average Bonchev–Trinajstić information content (AvgIpc) is 2.32. The SMILES string of the molecule is CCCC(=O)[N-]CC.CCCC(=O)[N-]CC.[Cl][Ti][Cl]. The van der Waals surface area contributed by atoms with E-state index in [1.165, 1.54) is 0 Å². The van der Waals surface area contributed by atoms with Crippen LogP contribution in [0, 0.1) is 0 Å².